The number of amides is 1. The lowest BCUT2D eigenvalue weighted by Crippen LogP contribution is -2.38. The molecule has 0 spiro atoms. The van der Waals surface area contributed by atoms with Crippen LogP contribution in [0.25, 0.3) is 0 Å². The Kier molecular flexibility index (Phi) is 6.43. The van der Waals surface area contributed by atoms with Crippen molar-refractivity contribution in [3.63, 3.8) is 0 Å². The molecule has 170 valence electrons. The molecule has 0 saturated heterocycles. The van der Waals surface area contributed by atoms with Gasteiger partial charge in [-0.15, -0.1) is 0 Å². The van der Waals surface area contributed by atoms with E-state index in [0.29, 0.717) is 16.9 Å². The first-order valence-electron chi connectivity index (χ1n) is 10.4. The van der Waals surface area contributed by atoms with Gasteiger partial charge in [0.1, 0.15) is 11.1 Å². The molecule has 0 aromatic heterocycles. The lowest BCUT2D eigenvalue weighted by molar-refractivity contribution is -0.119. The van der Waals surface area contributed by atoms with Crippen molar-refractivity contribution in [3.8, 4) is 0 Å². The third-order valence-corrected chi connectivity index (χ3v) is 6.66. The van der Waals surface area contributed by atoms with Gasteiger partial charge in [0.25, 0.3) is 5.91 Å². The summed E-state index contributed by atoms with van der Waals surface area (Å²) in [7, 11) is -3.66. The van der Waals surface area contributed by atoms with E-state index in [2.05, 4.69) is 15.4 Å². The van der Waals surface area contributed by atoms with Gasteiger partial charge in [0.15, 0.2) is 6.61 Å². The minimum Gasteiger partial charge on any atom is -0.452 e. The third-order valence-electron chi connectivity index (χ3n) is 5.18. The number of rotatable bonds is 6. The fourth-order valence-corrected chi connectivity index (χ4v) is 4.77. The number of para-hydroxylation sites is 1. The quantitative estimate of drug-likeness (QED) is 0.481. The van der Waals surface area contributed by atoms with Gasteiger partial charge in [0.05, 0.1) is 11.3 Å². The fraction of sp³-hybridized carbons (Fsp3) is 0.167. The van der Waals surface area contributed by atoms with Crippen LogP contribution in [0.15, 0.2) is 77.7 Å². The Morgan fingerprint density at radius 3 is 2.52 bits per heavy atom. The second-order valence-electron chi connectivity index (χ2n) is 7.50. The molecule has 0 unspecified atom stereocenters. The maximum Gasteiger partial charge on any atom is 0.338 e. The van der Waals surface area contributed by atoms with Gasteiger partial charge in [-0.2, -0.15) is 4.72 Å². The van der Waals surface area contributed by atoms with Gasteiger partial charge in [0, 0.05) is 5.69 Å². The van der Waals surface area contributed by atoms with Gasteiger partial charge in [-0.3, -0.25) is 4.79 Å². The van der Waals surface area contributed by atoms with Crippen LogP contribution in [0.2, 0.25) is 0 Å². The highest BCUT2D eigenvalue weighted by molar-refractivity contribution is 7.89. The first-order valence-corrected chi connectivity index (χ1v) is 11.9. The number of anilines is 2. The molecule has 8 nitrogen and oxygen atoms in total. The molecule has 3 aromatic rings. The molecule has 9 heteroatoms. The van der Waals surface area contributed by atoms with Gasteiger partial charge >= 0.3 is 5.97 Å². The number of hydrogen-bond donors (Lipinski definition) is 3. The topological polar surface area (TPSA) is 114 Å². The van der Waals surface area contributed by atoms with Crippen molar-refractivity contribution in [2.24, 2.45) is 0 Å². The Bertz CT molecular complexity index is 1290. The van der Waals surface area contributed by atoms with Crippen LogP contribution < -0.4 is 15.4 Å². The number of ether oxygens (including phenoxy) is 1. The number of sulfonamides is 1. The van der Waals surface area contributed by atoms with Crippen molar-refractivity contribution in [2.45, 2.75) is 24.4 Å². The number of fused-ring (bicyclic) bond motifs is 1. The van der Waals surface area contributed by atoms with Crippen molar-refractivity contribution in [3.05, 3.63) is 89.5 Å². The molecule has 1 heterocycles. The first kappa shape index (κ1) is 22.5. The van der Waals surface area contributed by atoms with Crippen molar-refractivity contribution >= 4 is 33.3 Å². The van der Waals surface area contributed by atoms with E-state index in [1.54, 1.807) is 36.4 Å². The molecule has 1 aliphatic heterocycles. The molecule has 0 bridgehead atoms. The number of carbonyl (C=O) groups excluding carboxylic acids is 2. The normalized spacial score (nSPS) is 16.2. The molecule has 4 rings (SSSR count). The van der Waals surface area contributed by atoms with Crippen LogP contribution in [0, 0.1) is 0 Å². The SMILES string of the molecule is CCc1cccc(NC(=O)COC(=O)c2ccc([C@H]3Nc4ccccc4S(=O)(=O)N3)cc2)c1. The minimum absolute atomic E-state index is 0.182. The van der Waals surface area contributed by atoms with E-state index < -0.39 is 34.7 Å². The lowest BCUT2D eigenvalue weighted by Gasteiger charge is -2.28. The minimum atomic E-state index is -3.66. The summed E-state index contributed by atoms with van der Waals surface area (Å²) >= 11 is 0. The monoisotopic (exact) mass is 465 g/mol. The number of carbonyl (C=O) groups is 2. The predicted octanol–water partition coefficient (Wildman–Crippen LogP) is 3.45. The van der Waals surface area contributed by atoms with Gasteiger partial charge in [-0.25, -0.2) is 13.2 Å². The van der Waals surface area contributed by atoms with Gasteiger partial charge in [0.2, 0.25) is 10.0 Å². The van der Waals surface area contributed by atoms with E-state index in [4.69, 9.17) is 4.74 Å². The number of aryl methyl sites for hydroxylation is 1. The van der Waals surface area contributed by atoms with Crippen LogP contribution in [-0.4, -0.2) is 26.9 Å². The molecule has 0 radical (unpaired) electrons. The Hall–Kier alpha value is -3.69. The summed E-state index contributed by atoms with van der Waals surface area (Å²) in [5.41, 5.74) is 3.10. The highest BCUT2D eigenvalue weighted by atomic mass is 32.2. The molecule has 33 heavy (non-hydrogen) atoms. The summed E-state index contributed by atoms with van der Waals surface area (Å²) in [6.45, 7) is 1.60. The van der Waals surface area contributed by atoms with Crippen molar-refractivity contribution in [2.75, 3.05) is 17.2 Å². The molecule has 1 amide bonds. The first-order chi connectivity index (χ1) is 15.9. The van der Waals surface area contributed by atoms with E-state index in [9.17, 15) is 18.0 Å². The Morgan fingerprint density at radius 1 is 1.00 bits per heavy atom. The molecule has 3 aromatic carbocycles. The summed E-state index contributed by atoms with van der Waals surface area (Å²) in [5, 5.41) is 5.83. The van der Waals surface area contributed by atoms with Crippen molar-refractivity contribution in [1.29, 1.82) is 0 Å². The molecule has 1 atom stereocenters. The van der Waals surface area contributed by atoms with E-state index in [0.717, 1.165) is 12.0 Å². The largest absolute Gasteiger partial charge is 0.452 e. The van der Waals surface area contributed by atoms with Gasteiger partial charge in [-0.05, 0) is 53.9 Å². The van der Waals surface area contributed by atoms with Gasteiger partial charge in [-0.1, -0.05) is 43.3 Å². The lowest BCUT2D eigenvalue weighted by atomic mass is 10.1. The smallest absolute Gasteiger partial charge is 0.338 e. The Balaban J connectivity index is 1.36. The maximum atomic E-state index is 12.5. The zero-order valence-electron chi connectivity index (χ0n) is 17.9. The Morgan fingerprint density at radius 2 is 1.76 bits per heavy atom. The summed E-state index contributed by atoms with van der Waals surface area (Å²) in [6, 6.07) is 20.4. The van der Waals surface area contributed by atoms with Crippen LogP contribution in [0.5, 0.6) is 0 Å². The maximum absolute atomic E-state index is 12.5. The average Bonchev–Trinajstić information content (AvgIpc) is 2.82. The number of nitrogens with one attached hydrogen (secondary N) is 3. The molecule has 0 fully saturated rings. The van der Waals surface area contributed by atoms with Crippen LogP contribution in [0.1, 0.15) is 34.6 Å². The highest BCUT2D eigenvalue weighted by Gasteiger charge is 2.29. The molecular weight excluding hydrogens is 442 g/mol. The van der Waals surface area contributed by atoms with E-state index in [-0.39, 0.29) is 10.5 Å². The molecule has 0 aliphatic carbocycles. The Labute approximate surface area is 192 Å². The van der Waals surface area contributed by atoms with Gasteiger partial charge < -0.3 is 15.4 Å². The predicted molar refractivity (Wildman–Crippen MR) is 124 cm³/mol. The summed E-state index contributed by atoms with van der Waals surface area (Å²) in [4.78, 5) is 24.6. The summed E-state index contributed by atoms with van der Waals surface area (Å²) < 4.78 is 32.7. The van der Waals surface area contributed by atoms with Crippen LogP contribution >= 0.6 is 0 Å². The number of benzene rings is 3. The zero-order chi connectivity index (χ0) is 23.4. The van der Waals surface area contributed by atoms with Crippen LogP contribution in [0.3, 0.4) is 0 Å². The molecule has 3 N–H and O–H groups in total. The molecule has 0 saturated carbocycles. The summed E-state index contributed by atoms with van der Waals surface area (Å²) in [5.74, 6) is -1.09. The molecule has 1 aliphatic rings. The third kappa shape index (κ3) is 5.21. The van der Waals surface area contributed by atoms with Crippen molar-refractivity contribution < 1.29 is 22.7 Å². The standard InChI is InChI=1S/C24H23N3O5S/c1-2-16-6-5-7-19(14-16)25-22(28)15-32-24(29)18-12-10-17(11-13-18)23-26-20-8-3-4-9-21(20)33(30,31)27-23/h3-14,23,26-27H,2,15H2,1H3,(H,25,28)/t23-/m0/s1. The van der Waals surface area contributed by atoms with E-state index >= 15 is 0 Å². The zero-order valence-corrected chi connectivity index (χ0v) is 18.7. The van der Waals surface area contributed by atoms with E-state index in [1.807, 2.05) is 25.1 Å². The second-order valence-corrected chi connectivity index (χ2v) is 9.18. The fourth-order valence-electron chi connectivity index (χ4n) is 3.47. The average molecular weight is 466 g/mol. The van der Waals surface area contributed by atoms with Crippen molar-refractivity contribution in [1.82, 2.24) is 4.72 Å². The molecular formula is C24H23N3O5S. The second kappa shape index (κ2) is 9.43. The number of esters is 1. The van der Waals surface area contributed by atoms with Crippen LogP contribution in [-0.2, 0) is 26.0 Å². The van der Waals surface area contributed by atoms with E-state index in [1.165, 1.54) is 18.2 Å². The summed E-state index contributed by atoms with van der Waals surface area (Å²) in [6.07, 6.45) is 0.165. The van der Waals surface area contributed by atoms with Crippen LogP contribution in [0.4, 0.5) is 11.4 Å². The highest BCUT2D eigenvalue weighted by Crippen LogP contribution is 2.30. The number of hydrogen-bond acceptors (Lipinski definition) is 6.